The van der Waals surface area contributed by atoms with Gasteiger partial charge in [0.25, 0.3) is 0 Å². The fourth-order valence-electron chi connectivity index (χ4n) is 4.05. The van der Waals surface area contributed by atoms with Crippen LogP contribution in [0.25, 0.3) is 12.2 Å². The lowest BCUT2D eigenvalue weighted by Gasteiger charge is -2.36. The van der Waals surface area contributed by atoms with Gasteiger partial charge < -0.3 is 14.7 Å². The van der Waals surface area contributed by atoms with Crippen molar-refractivity contribution >= 4 is 17.8 Å². The van der Waals surface area contributed by atoms with E-state index in [1.54, 1.807) is 7.11 Å². The molecule has 0 aliphatic carbocycles. The third kappa shape index (κ3) is 6.39. The Morgan fingerprint density at radius 3 is 2.25 bits per heavy atom. The second-order valence-electron chi connectivity index (χ2n) is 7.79. The van der Waals surface area contributed by atoms with Crippen LogP contribution in [0.15, 0.2) is 42.5 Å². The van der Waals surface area contributed by atoms with Gasteiger partial charge >= 0.3 is 0 Å². The van der Waals surface area contributed by atoms with Crippen LogP contribution in [0, 0.1) is 6.92 Å². The van der Waals surface area contributed by atoms with Crippen LogP contribution in [0.5, 0.6) is 11.5 Å². The molecule has 4 nitrogen and oxygen atoms in total. The molecule has 0 bridgehead atoms. The number of anilines is 1. The topological polar surface area (TPSA) is 35.9 Å². The minimum Gasteiger partial charge on any atom is -0.507 e. The number of phenolic OH excluding ortho intramolecular Hbond substituents is 1. The number of nitrogens with zero attached hydrogens (tertiary/aromatic N) is 2. The Labute approximate surface area is 194 Å². The summed E-state index contributed by atoms with van der Waals surface area (Å²) in [4.78, 5) is 4.94. The zero-order valence-corrected chi connectivity index (χ0v) is 20.7. The highest BCUT2D eigenvalue weighted by molar-refractivity contribution is 5.51. The van der Waals surface area contributed by atoms with Gasteiger partial charge in [-0.25, -0.2) is 0 Å². The van der Waals surface area contributed by atoms with Gasteiger partial charge in [0.1, 0.15) is 11.5 Å². The summed E-state index contributed by atoms with van der Waals surface area (Å²) in [6.07, 6.45) is 9.24. The molecule has 0 amide bonds. The third-order valence-electron chi connectivity index (χ3n) is 5.72. The fourth-order valence-corrected chi connectivity index (χ4v) is 4.05. The van der Waals surface area contributed by atoms with Crippen LogP contribution in [0.3, 0.4) is 0 Å². The maximum Gasteiger partial charge on any atom is 0.126 e. The molecule has 0 atom stereocenters. The average molecular weight is 437 g/mol. The van der Waals surface area contributed by atoms with Gasteiger partial charge in [-0.05, 0) is 60.9 Å². The summed E-state index contributed by atoms with van der Waals surface area (Å²) in [5.74, 6) is 1.30. The first-order valence-electron chi connectivity index (χ1n) is 11.8. The number of allylic oxidation sites excluding steroid dienone is 2. The van der Waals surface area contributed by atoms with Gasteiger partial charge in [0.05, 0.1) is 7.11 Å². The standard InChI is InChI=1S/C26H34N2O2.C2H6/c1-5-7-9-24-21(18-20(3)26(29)25(24)8-6-2)19-27-14-16-28(17-15-27)22-10-12-23(30-4)13-11-22;1-2/h5,7-13,18,29H,6,14-17,19H2,1-4H3;1-2H3/b7-5-,24-9-,25-8-;. The van der Waals surface area contributed by atoms with Crippen molar-refractivity contribution in [3.05, 3.63) is 64.0 Å². The molecular formula is C28H40N2O2. The number of aryl methyl sites for hydroxylation is 1. The van der Waals surface area contributed by atoms with Crippen LogP contribution < -0.4 is 20.1 Å². The van der Waals surface area contributed by atoms with Gasteiger partial charge in [-0.2, -0.15) is 0 Å². The molecule has 174 valence electrons. The van der Waals surface area contributed by atoms with Crippen molar-refractivity contribution in [2.24, 2.45) is 0 Å². The van der Waals surface area contributed by atoms with E-state index in [1.165, 1.54) is 11.3 Å². The summed E-state index contributed by atoms with van der Waals surface area (Å²) in [7, 11) is 1.70. The lowest BCUT2D eigenvalue weighted by Crippen LogP contribution is -2.47. The number of methoxy groups -OCH3 is 1. The van der Waals surface area contributed by atoms with Gasteiger partial charge in [-0.3, -0.25) is 4.90 Å². The number of phenols is 1. The van der Waals surface area contributed by atoms with Crippen LogP contribution in [-0.2, 0) is 6.54 Å². The minimum absolute atomic E-state index is 0.403. The Bertz CT molecular complexity index is 986. The molecule has 1 aliphatic rings. The molecule has 1 saturated heterocycles. The molecule has 0 spiro atoms. The van der Waals surface area contributed by atoms with Gasteiger partial charge in [0, 0.05) is 43.6 Å². The first-order chi connectivity index (χ1) is 15.6. The van der Waals surface area contributed by atoms with Crippen molar-refractivity contribution in [1.82, 2.24) is 4.90 Å². The molecule has 0 aromatic heterocycles. The van der Waals surface area contributed by atoms with E-state index < -0.39 is 0 Å². The van der Waals surface area contributed by atoms with E-state index in [0.29, 0.717) is 5.75 Å². The van der Waals surface area contributed by atoms with E-state index in [-0.39, 0.29) is 0 Å². The zero-order chi connectivity index (χ0) is 23.5. The van der Waals surface area contributed by atoms with Crippen LogP contribution in [0.2, 0.25) is 0 Å². The van der Waals surface area contributed by atoms with Crippen molar-refractivity contribution < 1.29 is 9.84 Å². The van der Waals surface area contributed by atoms with Crippen LogP contribution in [0.4, 0.5) is 5.69 Å². The lowest BCUT2D eigenvalue weighted by atomic mass is 10.0. The van der Waals surface area contributed by atoms with Crippen LogP contribution >= 0.6 is 0 Å². The Morgan fingerprint density at radius 1 is 1.03 bits per heavy atom. The van der Waals surface area contributed by atoms with Crippen molar-refractivity contribution in [2.75, 3.05) is 38.2 Å². The largest absolute Gasteiger partial charge is 0.507 e. The molecule has 1 aliphatic heterocycles. The molecule has 0 saturated carbocycles. The van der Waals surface area contributed by atoms with E-state index in [2.05, 4.69) is 53.2 Å². The Balaban J connectivity index is 0.00000176. The normalized spacial score (nSPS) is 15.8. The smallest absolute Gasteiger partial charge is 0.126 e. The predicted octanol–water partition coefficient (Wildman–Crippen LogP) is 4.60. The molecule has 2 aromatic carbocycles. The summed E-state index contributed by atoms with van der Waals surface area (Å²) in [6, 6.07) is 10.5. The molecule has 1 fully saturated rings. The summed E-state index contributed by atoms with van der Waals surface area (Å²) >= 11 is 0. The number of rotatable bonds is 6. The molecule has 2 aromatic rings. The van der Waals surface area contributed by atoms with Gasteiger partial charge in [0.2, 0.25) is 0 Å². The maximum atomic E-state index is 10.6. The Kier molecular flexibility index (Phi) is 10.4. The van der Waals surface area contributed by atoms with E-state index in [4.69, 9.17) is 4.74 Å². The summed E-state index contributed by atoms with van der Waals surface area (Å²) in [5, 5.41) is 12.7. The first-order valence-corrected chi connectivity index (χ1v) is 11.8. The zero-order valence-electron chi connectivity index (χ0n) is 20.7. The molecule has 0 radical (unpaired) electrons. The SMILES string of the molecule is CC.C\C=C/C=c1/c(CN2CCN(c3ccc(OC)cc3)CC2)cc(C)c(O)/c1=C\CC. The number of hydrogen-bond donors (Lipinski definition) is 1. The van der Waals surface area contributed by atoms with Crippen LogP contribution in [0.1, 0.15) is 45.2 Å². The number of hydrogen-bond acceptors (Lipinski definition) is 4. The summed E-state index contributed by atoms with van der Waals surface area (Å²) < 4.78 is 5.27. The number of ether oxygens (including phenoxy) is 1. The molecule has 1 N–H and O–H groups in total. The second kappa shape index (κ2) is 13.0. The number of aromatic hydroxyl groups is 1. The highest BCUT2D eigenvalue weighted by Gasteiger charge is 2.18. The Morgan fingerprint density at radius 2 is 1.69 bits per heavy atom. The van der Waals surface area contributed by atoms with Crippen molar-refractivity contribution in [1.29, 1.82) is 0 Å². The molecule has 32 heavy (non-hydrogen) atoms. The van der Waals surface area contributed by atoms with Gasteiger partial charge in [0.15, 0.2) is 0 Å². The fraction of sp³-hybridized carbons (Fsp3) is 0.429. The minimum atomic E-state index is 0.403. The van der Waals surface area contributed by atoms with Crippen molar-refractivity contribution in [3.8, 4) is 11.5 Å². The van der Waals surface area contributed by atoms with Crippen LogP contribution in [-0.4, -0.2) is 43.3 Å². The molecule has 0 unspecified atom stereocenters. The average Bonchev–Trinajstić information content (AvgIpc) is 2.84. The van der Waals surface area contributed by atoms with Crippen molar-refractivity contribution in [3.63, 3.8) is 0 Å². The lowest BCUT2D eigenvalue weighted by molar-refractivity contribution is 0.249. The predicted molar refractivity (Wildman–Crippen MR) is 138 cm³/mol. The van der Waals surface area contributed by atoms with Gasteiger partial charge in [-0.15, -0.1) is 0 Å². The van der Waals surface area contributed by atoms with Crippen molar-refractivity contribution in [2.45, 2.75) is 47.6 Å². The summed E-state index contributed by atoms with van der Waals surface area (Å²) in [5.41, 5.74) is 3.47. The molecule has 3 rings (SSSR count). The Hall–Kier alpha value is -2.72. The quantitative estimate of drug-likeness (QED) is 0.718. The molecule has 1 heterocycles. The second-order valence-corrected chi connectivity index (χ2v) is 7.79. The number of benzene rings is 2. The highest BCUT2D eigenvalue weighted by atomic mass is 16.5. The van der Waals surface area contributed by atoms with Gasteiger partial charge in [-0.1, -0.05) is 51.1 Å². The monoisotopic (exact) mass is 436 g/mol. The number of piperazine rings is 1. The van der Waals surface area contributed by atoms with E-state index in [9.17, 15) is 5.11 Å². The van der Waals surface area contributed by atoms with E-state index in [0.717, 1.165) is 60.9 Å². The first kappa shape index (κ1) is 25.5. The summed E-state index contributed by atoms with van der Waals surface area (Å²) in [6.45, 7) is 15.1. The molecule has 4 heteroatoms. The van der Waals surface area contributed by atoms with E-state index >= 15 is 0 Å². The van der Waals surface area contributed by atoms with E-state index in [1.807, 2.05) is 45.9 Å². The molecular weight excluding hydrogens is 396 g/mol. The third-order valence-corrected chi connectivity index (χ3v) is 5.72. The maximum absolute atomic E-state index is 10.6. The highest BCUT2D eigenvalue weighted by Crippen LogP contribution is 2.21.